The Morgan fingerprint density at radius 1 is 1.67 bits per heavy atom. The zero-order valence-corrected chi connectivity index (χ0v) is 6.54. The summed E-state index contributed by atoms with van der Waals surface area (Å²) in [6.45, 7) is 0. The zero-order valence-electron chi connectivity index (χ0n) is 5.72. The molecule has 3 heteroatoms. The molecule has 1 fully saturated rings. The van der Waals surface area contributed by atoms with E-state index in [-0.39, 0.29) is 5.60 Å². The summed E-state index contributed by atoms with van der Waals surface area (Å²) in [5.74, 6) is 0. The van der Waals surface area contributed by atoms with Crippen LogP contribution >= 0.6 is 12.0 Å². The van der Waals surface area contributed by atoms with Crippen LogP contribution in [0, 0.1) is 0 Å². The topological polar surface area (TPSA) is 9.23 Å². The summed E-state index contributed by atoms with van der Waals surface area (Å²) in [6, 6.07) is 0. The van der Waals surface area contributed by atoms with Gasteiger partial charge in [-0.3, -0.25) is 0 Å². The molecular weight excluding hydrogens is 131 g/mol. The van der Waals surface area contributed by atoms with Gasteiger partial charge in [0.2, 0.25) is 0 Å². The second-order valence-corrected chi connectivity index (χ2v) is 2.97. The van der Waals surface area contributed by atoms with Crippen molar-refractivity contribution in [2.45, 2.75) is 31.2 Å². The van der Waals surface area contributed by atoms with E-state index in [0.29, 0.717) is 0 Å². The van der Waals surface area contributed by atoms with E-state index in [1.54, 1.807) is 0 Å². The molecule has 0 spiro atoms. The van der Waals surface area contributed by atoms with Crippen molar-refractivity contribution in [1.29, 1.82) is 0 Å². The molecule has 0 unspecified atom stereocenters. The molecule has 0 saturated heterocycles. The highest BCUT2D eigenvalue weighted by Gasteiger charge is 2.43. The van der Waals surface area contributed by atoms with Gasteiger partial charge in [-0.05, 0) is 31.3 Å². The summed E-state index contributed by atoms with van der Waals surface area (Å²) >= 11 is 1.46. The molecule has 0 amide bonds. The normalized spacial score (nSPS) is 21.9. The van der Waals surface area contributed by atoms with E-state index >= 15 is 0 Å². The Labute approximate surface area is 62.2 Å². The van der Waals surface area contributed by atoms with Gasteiger partial charge < -0.3 is 4.18 Å². The van der Waals surface area contributed by atoms with Gasteiger partial charge in [-0.1, -0.05) is 6.32 Å². The van der Waals surface area contributed by atoms with E-state index in [2.05, 4.69) is 0 Å². The summed E-state index contributed by atoms with van der Waals surface area (Å²) in [5, 5.41) is 0. The number of hydrogen-bond acceptors (Lipinski definition) is 2. The molecule has 9 heavy (non-hydrogen) atoms. The van der Waals surface area contributed by atoms with Gasteiger partial charge in [-0.2, -0.15) is 0 Å². The molecule has 0 aromatic carbocycles. The highest BCUT2D eigenvalue weighted by Crippen LogP contribution is 2.45. The Balaban J connectivity index is 2.17. The molecule has 0 bridgehead atoms. The zero-order chi connectivity index (χ0) is 6.74. The average molecular weight is 142 g/mol. The van der Waals surface area contributed by atoms with Gasteiger partial charge in [0.1, 0.15) is 0 Å². The first-order valence-electron chi connectivity index (χ1n) is 3.25. The van der Waals surface area contributed by atoms with E-state index in [1.807, 2.05) is 6.26 Å². The predicted molar refractivity (Wildman–Crippen MR) is 41.7 cm³/mol. The minimum atomic E-state index is 0.189. The lowest BCUT2D eigenvalue weighted by atomic mass is 9.98. The van der Waals surface area contributed by atoms with Crippen molar-refractivity contribution in [1.82, 2.24) is 0 Å². The fourth-order valence-electron chi connectivity index (χ4n) is 0.954. The molecule has 1 nitrogen and oxygen atoms in total. The summed E-state index contributed by atoms with van der Waals surface area (Å²) in [7, 11) is 5.40. The molecule has 0 N–H and O–H groups in total. The summed E-state index contributed by atoms with van der Waals surface area (Å²) < 4.78 is 5.42. The van der Waals surface area contributed by atoms with Gasteiger partial charge in [-0.25, -0.2) is 0 Å². The maximum atomic E-state index is 5.42. The Morgan fingerprint density at radius 2 is 2.33 bits per heavy atom. The molecule has 0 atom stereocenters. The second kappa shape index (κ2) is 2.97. The standard InChI is InChI=1S/C6H11BOS/c1-9-8-6(2-3-6)4-5-7/h2-5H2,1H3. The van der Waals surface area contributed by atoms with E-state index in [9.17, 15) is 0 Å². The molecule has 0 aliphatic heterocycles. The van der Waals surface area contributed by atoms with Crippen molar-refractivity contribution in [3.05, 3.63) is 0 Å². The van der Waals surface area contributed by atoms with Crippen molar-refractivity contribution < 1.29 is 4.18 Å². The molecule has 50 valence electrons. The maximum Gasteiger partial charge on any atom is 0.0824 e. The van der Waals surface area contributed by atoms with Crippen molar-refractivity contribution in [2.24, 2.45) is 0 Å². The first-order valence-corrected chi connectivity index (χ1v) is 4.40. The van der Waals surface area contributed by atoms with Gasteiger partial charge in [0.25, 0.3) is 0 Å². The third-order valence-electron chi connectivity index (χ3n) is 1.67. The summed E-state index contributed by atoms with van der Waals surface area (Å²) in [4.78, 5) is 0. The summed E-state index contributed by atoms with van der Waals surface area (Å²) in [5.41, 5.74) is 0.189. The molecule has 1 rings (SSSR count). The molecule has 1 aliphatic rings. The van der Waals surface area contributed by atoms with Crippen LogP contribution in [0.15, 0.2) is 0 Å². The van der Waals surface area contributed by atoms with E-state index < -0.39 is 0 Å². The highest BCUT2D eigenvalue weighted by molar-refractivity contribution is 7.93. The van der Waals surface area contributed by atoms with Crippen LogP contribution in [0.1, 0.15) is 19.3 Å². The molecule has 0 heterocycles. The Hall–Kier alpha value is 0.375. The molecule has 0 aromatic rings. The van der Waals surface area contributed by atoms with Crippen molar-refractivity contribution >= 4 is 19.9 Å². The highest BCUT2D eigenvalue weighted by atomic mass is 32.2. The lowest BCUT2D eigenvalue weighted by Crippen LogP contribution is -2.08. The quantitative estimate of drug-likeness (QED) is 0.437. The fourth-order valence-corrected chi connectivity index (χ4v) is 1.56. The lowest BCUT2D eigenvalue weighted by molar-refractivity contribution is 0.214. The van der Waals surface area contributed by atoms with Crippen LogP contribution in [0.25, 0.3) is 0 Å². The van der Waals surface area contributed by atoms with Crippen molar-refractivity contribution in [2.75, 3.05) is 6.26 Å². The molecular formula is C6H11BOS. The third-order valence-corrected chi connectivity index (χ3v) is 2.19. The Bertz CT molecular complexity index is 85.1. The van der Waals surface area contributed by atoms with Crippen LogP contribution in [0.3, 0.4) is 0 Å². The Kier molecular flexibility index (Phi) is 2.47. The van der Waals surface area contributed by atoms with Gasteiger partial charge >= 0.3 is 0 Å². The first-order chi connectivity index (χ1) is 4.33. The van der Waals surface area contributed by atoms with E-state index in [0.717, 1.165) is 12.7 Å². The van der Waals surface area contributed by atoms with Gasteiger partial charge in [0.15, 0.2) is 0 Å². The van der Waals surface area contributed by atoms with Crippen LogP contribution in [-0.4, -0.2) is 19.7 Å². The van der Waals surface area contributed by atoms with Crippen LogP contribution < -0.4 is 0 Å². The second-order valence-electron chi connectivity index (χ2n) is 2.47. The molecule has 2 radical (unpaired) electrons. The number of hydrogen-bond donors (Lipinski definition) is 0. The number of rotatable bonds is 4. The SMILES string of the molecule is [B]CCC1(OSC)CC1. The van der Waals surface area contributed by atoms with E-state index in [4.69, 9.17) is 12.0 Å². The van der Waals surface area contributed by atoms with Crippen LogP contribution in [0.2, 0.25) is 6.32 Å². The predicted octanol–water partition coefficient (Wildman–Crippen LogP) is 1.79. The van der Waals surface area contributed by atoms with Gasteiger partial charge in [0.05, 0.1) is 13.4 Å². The lowest BCUT2D eigenvalue weighted by Gasteiger charge is -2.11. The van der Waals surface area contributed by atoms with Crippen LogP contribution in [0.4, 0.5) is 0 Å². The van der Waals surface area contributed by atoms with Gasteiger partial charge in [0, 0.05) is 6.26 Å². The summed E-state index contributed by atoms with van der Waals surface area (Å²) in [6.07, 6.45) is 6.13. The molecule has 1 saturated carbocycles. The monoisotopic (exact) mass is 142 g/mol. The minimum absolute atomic E-state index is 0.189. The average Bonchev–Trinajstić information content (AvgIpc) is 2.51. The third kappa shape index (κ3) is 1.90. The smallest absolute Gasteiger partial charge is 0.0824 e. The van der Waals surface area contributed by atoms with Crippen LogP contribution in [0.5, 0.6) is 0 Å². The Morgan fingerprint density at radius 3 is 2.67 bits per heavy atom. The molecule has 1 aliphatic carbocycles. The minimum Gasteiger partial charge on any atom is -0.309 e. The van der Waals surface area contributed by atoms with Crippen molar-refractivity contribution in [3.63, 3.8) is 0 Å². The largest absolute Gasteiger partial charge is 0.309 e. The molecule has 0 aromatic heterocycles. The fraction of sp³-hybridized carbons (Fsp3) is 1.00. The van der Waals surface area contributed by atoms with Crippen LogP contribution in [-0.2, 0) is 4.18 Å². The van der Waals surface area contributed by atoms with Gasteiger partial charge in [-0.15, -0.1) is 0 Å². The maximum absolute atomic E-state index is 5.42. The first kappa shape index (κ1) is 7.48. The van der Waals surface area contributed by atoms with E-state index in [1.165, 1.54) is 24.9 Å². The van der Waals surface area contributed by atoms with Crippen molar-refractivity contribution in [3.8, 4) is 0 Å².